The van der Waals surface area contributed by atoms with Crippen LogP contribution in [0.1, 0.15) is 60.0 Å². The van der Waals surface area contributed by atoms with E-state index in [0.29, 0.717) is 5.71 Å². The largest absolute Gasteiger partial charge is 0.486 e. The molecule has 5 heterocycles. The third-order valence-electron chi connectivity index (χ3n) is 10.8. The van der Waals surface area contributed by atoms with Crippen LogP contribution in [0, 0.1) is 53.7 Å². The standard InChI is InChI=1S/C32H28N3O.C20H18N.Ir/c1-18-14-27-21(11-13-29(35-27)32(4,5)6)15-25(18)26-16-28(33-17-19(26)2)24-9-7-8-22-23-12-10-20(3)34-31(23)36-30(22)24;1-14-9-10-18(20-11-15(2)16(3)13-21-20)12-19(14)17-7-5-4-6-8-17;/h7-8,10-17H,1-6H3;4-9,11-13H,1-3H3;/q2*-1;. The van der Waals surface area contributed by atoms with Crippen LogP contribution >= 0.6 is 0 Å². The van der Waals surface area contributed by atoms with Gasteiger partial charge in [0, 0.05) is 60.1 Å². The van der Waals surface area contributed by atoms with Gasteiger partial charge in [-0.25, -0.2) is 4.98 Å². The number of benzene rings is 4. The van der Waals surface area contributed by atoms with Crippen molar-refractivity contribution in [2.45, 2.75) is 67.7 Å². The van der Waals surface area contributed by atoms with Crippen LogP contribution in [0.15, 0.2) is 120 Å². The molecule has 0 saturated heterocycles. The number of aryl methyl sites for hydroxylation is 6. The zero-order valence-corrected chi connectivity index (χ0v) is 36.9. The van der Waals surface area contributed by atoms with Gasteiger partial charge in [-0.05, 0) is 110 Å². The first-order valence-electron chi connectivity index (χ1n) is 19.5. The number of fused-ring (bicyclic) bond motifs is 4. The van der Waals surface area contributed by atoms with E-state index in [9.17, 15) is 0 Å². The summed E-state index contributed by atoms with van der Waals surface area (Å²) in [6, 6.07) is 42.5. The molecule has 0 aliphatic heterocycles. The molecule has 1 radical (unpaired) electrons. The summed E-state index contributed by atoms with van der Waals surface area (Å²) in [5, 5.41) is 3.16. The fraction of sp³-hybridized carbons (Fsp3) is 0.192. The number of nitrogens with zero attached hydrogens (tertiary/aromatic N) is 4. The molecule has 5 nitrogen and oxygen atoms in total. The number of furan rings is 1. The topological polar surface area (TPSA) is 64.7 Å². The van der Waals surface area contributed by atoms with E-state index >= 15 is 0 Å². The van der Waals surface area contributed by atoms with Crippen molar-refractivity contribution in [3.8, 4) is 44.8 Å². The van der Waals surface area contributed by atoms with Crippen LogP contribution in [0.3, 0.4) is 0 Å². The summed E-state index contributed by atoms with van der Waals surface area (Å²) in [5.41, 5.74) is 19.0. The molecular formula is C52H46IrN4O-2. The van der Waals surface area contributed by atoms with Crippen molar-refractivity contribution >= 4 is 33.0 Å². The molecular weight excluding hydrogens is 889 g/mol. The van der Waals surface area contributed by atoms with E-state index in [2.05, 4.69) is 156 Å². The van der Waals surface area contributed by atoms with Gasteiger partial charge in [0.1, 0.15) is 0 Å². The molecule has 0 fully saturated rings. The maximum absolute atomic E-state index is 6.22. The maximum atomic E-state index is 6.22. The van der Waals surface area contributed by atoms with Gasteiger partial charge in [-0.15, -0.1) is 47.5 Å². The minimum Gasteiger partial charge on any atom is -0.486 e. The van der Waals surface area contributed by atoms with Gasteiger partial charge in [-0.2, -0.15) is 0 Å². The summed E-state index contributed by atoms with van der Waals surface area (Å²) in [6.45, 7) is 19.1. The van der Waals surface area contributed by atoms with E-state index in [1.807, 2.05) is 43.6 Å². The fourth-order valence-corrected chi connectivity index (χ4v) is 7.25. The molecule has 0 amide bonds. The molecule has 9 aromatic rings. The predicted octanol–water partition coefficient (Wildman–Crippen LogP) is 13.4. The summed E-state index contributed by atoms with van der Waals surface area (Å²) in [5.74, 6) is 0. The summed E-state index contributed by atoms with van der Waals surface area (Å²) in [6.07, 6.45) is 3.87. The van der Waals surface area contributed by atoms with Crippen molar-refractivity contribution in [2.24, 2.45) is 0 Å². The first-order valence-corrected chi connectivity index (χ1v) is 19.5. The van der Waals surface area contributed by atoms with Crippen LogP contribution in [0.5, 0.6) is 0 Å². The second kappa shape index (κ2) is 16.2. The number of rotatable bonds is 4. The molecule has 9 rings (SSSR count). The van der Waals surface area contributed by atoms with Gasteiger partial charge in [0.2, 0.25) is 5.71 Å². The fourth-order valence-electron chi connectivity index (χ4n) is 7.25. The first kappa shape index (κ1) is 40.4. The molecule has 0 atom stereocenters. The van der Waals surface area contributed by atoms with Gasteiger partial charge < -0.3 is 14.4 Å². The zero-order valence-electron chi connectivity index (χ0n) is 34.5. The summed E-state index contributed by atoms with van der Waals surface area (Å²) >= 11 is 0. The Kier molecular flexibility index (Phi) is 11.3. The molecule has 58 heavy (non-hydrogen) atoms. The zero-order chi connectivity index (χ0) is 40.0. The Labute approximate surface area is 355 Å². The van der Waals surface area contributed by atoms with E-state index in [-0.39, 0.29) is 25.5 Å². The minimum absolute atomic E-state index is 0. The molecule has 0 N–H and O–H groups in total. The second-order valence-corrected chi connectivity index (χ2v) is 16.2. The van der Waals surface area contributed by atoms with Gasteiger partial charge in [-0.1, -0.05) is 98.3 Å². The predicted molar refractivity (Wildman–Crippen MR) is 235 cm³/mol. The average molecular weight is 935 g/mol. The maximum Gasteiger partial charge on any atom is 0.216 e. The molecule has 6 heteroatoms. The number of pyridine rings is 4. The number of hydrogen-bond acceptors (Lipinski definition) is 5. The Bertz CT molecular complexity index is 2960. The third-order valence-corrected chi connectivity index (χ3v) is 10.8. The van der Waals surface area contributed by atoms with Crippen molar-refractivity contribution in [2.75, 3.05) is 0 Å². The SMILES string of the molecule is Cc1ccc2c(n1)oc1c(-c3cc(-c4cc5ccc(C(C)(C)C)nc5cc4C)c(C)cn3)[c-]ccc12.Cc1cnc(-c2[c-]cc(C)c(-c3ccccc3)c2)cc1C.[Ir]. The minimum atomic E-state index is 0. The van der Waals surface area contributed by atoms with Gasteiger partial charge in [-0.3, -0.25) is 4.98 Å². The molecule has 5 aromatic heterocycles. The Morgan fingerprint density at radius 1 is 0.586 bits per heavy atom. The van der Waals surface area contributed by atoms with Gasteiger partial charge in [0.25, 0.3) is 0 Å². The summed E-state index contributed by atoms with van der Waals surface area (Å²) in [7, 11) is 0. The quantitative estimate of drug-likeness (QED) is 0.165. The molecule has 0 spiro atoms. The molecule has 0 bridgehead atoms. The van der Waals surface area contributed by atoms with E-state index in [1.54, 1.807) is 0 Å². The molecule has 0 saturated carbocycles. The molecule has 291 valence electrons. The third kappa shape index (κ3) is 8.00. The normalized spacial score (nSPS) is 11.4. The van der Waals surface area contributed by atoms with Crippen LogP contribution in [-0.4, -0.2) is 19.9 Å². The van der Waals surface area contributed by atoms with E-state index in [4.69, 9.17) is 14.4 Å². The van der Waals surface area contributed by atoms with Gasteiger partial charge in [0.15, 0.2) is 0 Å². The van der Waals surface area contributed by atoms with Crippen LogP contribution < -0.4 is 0 Å². The van der Waals surface area contributed by atoms with Crippen LogP contribution in [0.2, 0.25) is 0 Å². The number of hydrogen-bond donors (Lipinski definition) is 0. The van der Waals surface area contributed by atoms with Gasteiger partial charge >= 0.3 is 0 Å². The monoisotopic (exact) mass is 935 g/mol. The van der Waals surface area contributed by atoms with Crippen LogP contribution in [-0.2, 0) is 25.5 Å². The Morgan fingerprint density at radius 2 is 1.33 bits per heavy atom. The number of aromatic nitrogens is 4. The van der Waals surface area contributed by atoms with Crippen molar-refractivity contribution in [3.05, 3.63) is 167 Å². The van der Waals surface area contributed by atoms with Gasteiger partial charge in [0.05, 0.1) is 11.1 Å². The molecule has 0 unspecified atom stereocenters. The van der Waals surface area contributed by atoms with E-state index < -0.39 is 0 Å². The Balaban J connectivity index is 0.000000199. The molecule has 0 aliphatic rings. The van der Waals surface area contributed by atoms with Crippen LogP contribution in [0.4, 0.5) is 0 Å². The molecule has 0 aliphatic carbocycles. The van der Waals surface area contributed by atoms with Crippen LogP contribution in [0.25, 0.3) is 77.7 Å². The summed E-state index contributed by atoms with van der Waals surface area (Å²) < 4.78 is 6.22. The van der Waals surface area contributed by atoms with Crippen molar-refractivity contribution in [3.63, 3.8) is 0 Å². The Morgan fingerprint density at radius 3 is 2.09 bits per heavy atom. The van der Waals surface area contributed by atoms with Crippen molar-refractivity contribution in [1.82, 2.24) is 19.9 Å². The summed E-state index contributed by atoms with van der Waals surface area (Å²) in [4.78, 5) is 18.9. The Hall–Kier alpha value is -5.81. The first-order chi connectivity index (χ1) is 27.3. The smallest absolute Gasteiger partial charge is 0.216 e. The van der Waals surface area contributed by atoms with E-state index in [1.165, 1.54) is 38.9 Å². The second-order valence-electron chi connectivity index (χ2n) is 16.2. The van der Waals surface area contributed by atoms with Crippen molar-refractivity contribution in [1.29, 1.82) is 0 Å². The molecule has 4 aromatic carbocycles. The van der Waals surface area contributed by atoms with Crippen molar-refractivity contribution < 1.29 is 24.5 Å². The average Bonchev–Trinajstić information content (AvgIpc) is 3.57. The van der Waals surface area contributed by atoms with E-state index in [0.717, 1.165) is 72.3 Å².